The van der Waals surface area contributed by atoms with Crippen molar-refractivity contribution >= 4 is 6.03 Å². The molecule has 1 aliphatic carbocycles. The van der Waals surface area contributed by atoms with E-state index in [1.807, 2.05) is 19.9 Å². The van der Waals surface area contributed by atoms with Gasteiger partial charge in [-0.1, -0.05) is 26.7 Å². The van der Waals surface area contributed by atoms with Crippen molar-refractivity contribution in [1.82, 2.24) is 10.6 Å². The Bertz CT molecular complexity index is 467. The van der Waals surface area contributed by atoms with Crippen molar-refractivity contribution in [3.63, 3.8) is 0 Å². The Morgan fingerprint density at radius 1 is 1.35 bits per heavy atom. The van der Waals surface area contributed by atoms with E-state index in [-0.39, 0.29) is 6.03 Å². The van der Waals surface area contributed by atoms with E-state index < -0.39 is 0 Å². The lowest BCUT2D eigenvalue weighted by atomic mass is 9.78. The van der Waals surface area contributed by atoms with Gasteiger partial charge in [0, 0.05) is 18.2 Å². The summed E-state index contributed by atoms with van der Waals surface area (Å²) >= 11 is 0. The third-order valence-corrected chi connectivity index (χ3v) is 4.61. The Labute approximate surface area is 121 Å². The van der Waals surface area contributed by atoms with Gasteiger partial charge in [-0.3, -0.25) is 0 Å². The summed E-state index contributed by atoms with van der Waals surface area (Å²) < 4.78 is 5.46. The molecule has 0 spiro atoms. The fourth-order valence-electron chi connectivity index (χ4n) is 3.04. The molecule has 2 N–H and O–H groups in total. The van der Waals surface area contributed by atoms with Crippen LogP contribution in [-0.4, -0.2) is 12.1 Å². The molecule has 0 aliphatic heterocycles. The molecule has 1 fully saturated rings. The smallest absolute Gasteiger partial charge is 0.315 e. The van der Waals surface area contributed by atoms with Crippen molar-refractivity contribution < 1.29 is 9.21 Å². The van der Waals surface area contributed by atoms with Gasteiger partial charge in [0.15, 0.2) is 0 Å². The molecule has 2 amide bonds. The molecule has 3 atom stereocenters. The minimum absolute atomic E-state index is 0.0748. The molecule has 2 rings (SSSR count). The van der Waals surface area contributed by atoms with E-state index in [1.54, 1.807) is 0 Å². The quantitative estimate of drug-likeness (QED) is 0.888. The van der Waals surface area contributed by atoms with Gasteiger partial charge in [-0.2, -0.15) is 0 Å². The standard InChI is InChI=1S/C16H26N2O2/c1-10-6-5-7-15(12(10)3)18-16(19)17-9-14-8-11(2)20-13(14)4/h8,10,12,15H,5-7,9H2,1-4H3,(H2,17,18,19). The van der Waals surface area contributed by atoms with Crippen LogP contribution in [0.1, 0.15) is 50.2 Å². The molecule has 20 heavy (non-hydrogen) atoms. The van der Waals surface area contributed by atoms with Crippen LogP contribution in [-0.2, 0) is 6.54 Å². The van der Waals surface area contributed by atoms with E-state index in [1.165, 1.54) is 12.8 Å². The molecule has 1 heterocycles. The molecule has 112 valence electrons. The number of urea groups is 1. The summed E-state index contributed by atoms with van der Waals surface area (Å²) in [6.45, 7) is 8.87. The zero-order valence-corrected chi connectivity index (χ0v) is 13.0. The number of carbonyl (C=O) groups excluding carboxylic acids is 1. The van der Waals surface area contributed by atoms with Crippen LogP contribution in [0.15, 0.2) is 10.5 Å². The molecule has 0 saturated heterocycles. The summed E-state index contributed by atoms with van der Waals surface area (Å²) in [4.78, 5) is 12.0. The Morgan fingerprint density at radius 2 is 2.10 bits per heavy atom. The summed E-state index contributed by atoms with van der Waals surface area (Å²) in [6.07, 6.45) is 3.56. The predicted octanol–water partition coefficient (Wildman–Crippen LogP) is 3.52. The van der Waals surface area contributed by atoms with E-state index >= 15 is 0 Å². The van der Waals surface area contributed by atoms with E-state index in [0.717, 1.165) is 23.5 Å². The normalized spacial score (nSPS) is 26.3. The first kappa shape index (κ1) is 14.9. The minimum Gasteiger partial charge on any atom is -0.466 e. The summed E-state index contributed by atoms with van der Waals surface area (Å²) in [5.74, 6) is 3.00. The van der Waals surface area contributed by atoms with Crippen molar-refractivity contribution in [1.29, 1.82) is 0 Å². The second kappa shape index (κ2) is 6.33. The minimum atomic E-state index is -0.0748. The average Bonchev–Trinajstić information content (AvgIpc) is 2.71. The number of rotatable bonds is 3. The van der Waals surface area contributed by atoms with E-state index in [0.29, 0.717) is 24.4 Å². The molecule has 3 unspecified atom stereocenters. The second-order valence-electron chi connectivity index (χ2n) is 6.14. The number of hydrogen-bond donors (Lipinski definition) is 2. The first-order chi connectivity index (χ1) is 9.47. The number of carbonyl (C=O) groups is 1. The fourth-order valence-corrected chi connectivity index (χ4v) is 3.04. The zero-order valence-electron chi connectivity index (χ0n) is 13.0. The van der Waals surface area contributed by atoms with Crippen molar-refractivity contribution in [3.05, 3.63) is 23.2 Å². The number of amides is 2. The molecule has 4 heteroatoms. The Morgan fingerprint density at radius 3 is 2.75 bits per heavy atom. The van der Waals surface area contributed by atoms with Gasteiger partial charge < -0.3 is 15.1 Å². The van der Waals surface area contributed by atoms with Crippen molar-refractivity contribution in [2.24, 2.45) is 11.8 Å². The van der Waals surface area contributed by atoms with Crippen molar-refractivity contribution in [2.45, 2.75) is 59.5 Å². The van der Waals surface area contributed by atoms with Crippen LogP contribution < -0.4 is 10.6 Å². The molecule has 0 bridgehead atoms. The Balaban J connectivity index is 1.82. The molecule has 1 aromatic heterocycles. The maximum absolute atomic E-state index is 12.0. The van der Waals surface area contributed by atoms with Gasteiger partial charge in [-0.05, 0) is 38.2 Å². The van der Waals surface area contributed by atoms with Gasteiger partial charge in [-0.25, -0.2) is 4.79 Å². The molecule has 4 nitrogen and oxygen atoms in total. The lowest BCUT2D eigenvalue weighted by molar-refractivity contribution is 0.195. The lowest BCUT2D eigenvalue weighted by Crippen LogP contribution is -2.47. The summed E-state index contributed by atoms with van der Waals surface area (Å²) in [6, 6.07) is 2.20. The molecular weight excluding hydrogens is 252 g/mol. The van der Waals surface area contributed by atoms with E-state index in [4.69, 9.17) is 4.42 Å². The maximum Gasteiger partial charge on any atom is 0.315 e. The van der Waals surface area contributed by atoms with Crippen molar-refractivity contribution in [3.8, 4) is 0 Å². The van der Waals surface area contributed by atoms with Gasteiger partial charge in [0.2, 0.25) is 0 Å². The molecular formula is C16H26N2O2. The highest BCUT2D eigenvalue weighted by Gasteiger charge is 2.28. The van der Waals surface area contributed by atoms with Crippen molar-refractivity contribution in [2.75, 3.05) is 0 Å². The summed E-state index contributed by atoms with van der Waals surface area (Å²) in [7, 11) is 0. The molecule has 0 radical (unpaired) electrons. The van der Waals surface area contributed by atoms with Crippen LogP contribution in [0.25, 0.3) is 0 Å². The third-order valence-electron chi connectivity index (χ3n) is 4.61. The number of nitrogens with one attached hydrogen (secondary N) is 2. The summed E-state index contributed by atoms with van der Waals surface area (Å²) in [5, 5.41) is 6.04. The first-order valence-electron chi connectivity index (χ1n) is 7.57. The molecule has 1 aromatic rings. The number of furan rings is 1. The van der Waals surface area contributed by atoms with Crippen LogP contribution in [0.3, 0.4) is 0 Å². The fraction of sp³-hybridized carbons (Fsp3) is 0.688. The first-order valence-corrected chi connectivity index (χ1v) is 7.57. The Kier molecular flexibility index (Phi) is 4.73. The highest BCUT2D eigenvalue weighted by Crippen LogP contribution is 2.29. The SMILES string of the molecule is Cc1cc(CNC(=O)NC2CCCC(C)C2C)c(C)o1. The second-order valence-corrected chi connectivity index (χ2v) is 6.14. The monoisotopic (exact) mass is 278 g/mol. The van der Waals surface area contributed by atoms with E-state index in [9.17, 15) is 4.79 Å². The lowest BCUT2D eigenvalue weighted by Gasteiger charge is -2.34. The molecule has 1 saturated carbocycles. The number of aryl methyl sites for hydroxylation is 2. The third kappa shape index (κ3) is 3.56. The van der Waals surface area contributed by atoms with Gasteiger partial charge >= 0.3 is 6.03 Å². The van der Waals surface area contributed by atoms with Crippen LogP contribution in [0.5, 0.6) is 0 Å². The Hall–Kier alpha value is -1.45. The predicted molar refractivity (Wildman–Crippen MR) is 79.5 cm³/mol. The molecule has 0 aromatic carbocycles. The highest BCUT2D eigenvalue weighted by atomic mass is 16.3. The van der Waals surface area contributed by atoms with Crippen LogP contribution >= 0.6 is 0 Å². The van der Waals surface area contributed by atoms with E-state index in [2.05, 4.69) is 24.5 Å². The van der Waals surface area contributed by atoms with Gasteiger partial charge in [0.25, 0.3) is 0 Å². The molecule has 1 aliphatic rings. The summed E-state index contributed by atoms with van der Waals surface area (Å²) in [5.41, 5.74) is 1.04. The number of hydrogen-bond acceptors (Lipinski definition) is 2. The average molecular weight is 278 g/mol. The maximum atomic E-state index is 12.0. The topological polar surface area (TPSA) is 54.3 Å². The van der Waals surface area contributed by atoms with Gasteiger partial charge in [0.1, 0.15) is 11.5 Å². The largest absolute Gasteiger partial charge is 0.466 e. The zero-order chi connectivity index (χ0) is 14.7. The van der Waals surface area contributed by atoms with Crippen LogP contribution in [0, 0.1) is 25.7 Å². The van der Waals surface area contributed by atoms with Gasteiger partial charge in [-0.15, -0.1) is 0 Å². The van der Waals surface area contributed by atoms with Gasteiger partial charge in [0.05, 0.1) is 0 Å². The highest BCUT2D eigenvalue weighted by molar-refractivity contribution is 5.74. The van der Waals surface area contributed by atoms with Crippen LogP contribution in [0.2, 0.25) is 0 Å². The van der Waals surface area contributed by atoms with Crippen LogP contribution in [0.4, 0.5) is 4.79 Å².